The number of benzene rings is 1. The van der Waals surface area contributed by atoms with Gasteiger partial charge in [-0.1, -0.05) is 33.8 Å². The predicted octanol–water partition coefficient (Wildman–Crippen LogP) is 5.41. The van der Waals surface area contributed by atoms with E-state index in [1.807, 2.05) is 44.7 Å². The SMILES string of the molecule is COCCCOc1cc(C[C@@H](C[C@H]2[C@H](C[C@H](C(=O)O)C(C)C)OC(C)(C)N2C(C)=O)C(C)C)ccc1OC. The zero-order chi connectivity index (χ0) is 28.6. The molecule has 0 radical (unpaired) electrons. The van der Waals surface area contributed by atoms with Gasteiger partial charge in [0.05, 0.1) is 31.8 Å². The molecule has 2 rings (SSSR count). The van der Waals surface area contributed by atoms with Crippen LogP contribution in [0.15, 0.2) is 18.2 Å². The standard InChI is InChI=1S/C30H49NO7/c1-19(2)23(15-22-11-12-26(36-9)28(16-22)37-14-10-13-35-8)17-25-27(18-24(20(3)4)29(33)34)38-30(6,7)31(25)21(5)32/h11-12,16,19-20,23-25,27H,10,13-15,17-18H2,1-9H3,(H,33,34)/t23-,24-,25-,27-/m0/s1. The van der Waals surface area contributed by atoms with Crippen molar-refractivity contribution in [1.82, 2.24) is 4.90 Å². The van der Waals surface area contributed by atoms with Crippen molar-refractivity contribution in [3.05, 3.63) is 23.8 Å². The summed E-state index contributed by atoms with van der Waals surface area (Å²) in [5.41, 5.74) is 0.326. The first-order valence-electron chi connectivity index (χ1n) is 13.8. The van der Waals surface area contributed by atoms with Crippen molar-refractivity contribution in [3.63, 3.8) is 0 Å². The number of methoxy groups -OCH3 is 2. The van der Waals surface area contributed by atoms with Crippen LogP contribution in [0.1, 0.15) is 73.3 Å². The molecule has 216 valence electrons. The van der Waals surface area contributed by atoms with Gasteiger partial charge >= 0.3 is 5.97 Å². The van der Waals surface area contributed by atoms with E-state index in [1.54, 1.807) is 21.1 Å². The first-order chi connectivity index (χ1) is 17.8. The second-order valence-corrected chi connectivity index (χ2v) is 11.6. The summed E-state index contributed by atoms with van der Waals surface area (Å²) in [6, 6.07) is 5.82. The first kappa shape index (κ1) is 31.9. The van der Waals surface area contributed by atoms with Gasteiger partial charge in [-0.25, -0.2) is 0 Å². The average molecular weight is 536 g/mol. The Labute approximate surface area is 229 Å². The number of hydrogen-bond acceptors (Lipinski definition) is 6. The topological polar surface area (TPSA) is 94.5 Å². The quantitative estimate of drug-likeness (QED) is 0.300. The molecule has 0 aliphatic carbocycles. The Morgan fingerprint density at radius 1 is 1.05 bits per heavy atom. The van der Waals surface area contributed by atoms with Gasteiger partial charge in [0.2, 0.25) is 5.91 Å². The fraction of sp³-hybridized carbons (Fsp3) is 0.733. The first-order valence-corrected chi connectivity index (χ1v) is 13.8. The van der Waals surface area contributed by atoms with Crippen LogP contribution in [0.3, 0.4) is 0 Å². The maximum atomic E-state index is 12.8. The highest BCUT2D eigenvalue weighted by molar-refractivity contribution is 5.75. The normalized spacial score (nSPS) is 20.6. The lowest BCUT2D eigenvalue weighted by molar-refractivity contribution is -0.149. The third-order valence-corrected chi connectivity index (χ3v) is 7.69. The molecule has 1 N–H and O–H groups in total. The van der Waals surface area contributed by atoms with Crippen LogP contribution in [0.25, 0.3) is 0 Å². The van der Waals surface area contributed by atoms with Crippen LogP contribution in [0.2, 0.25) is 0 Å². The van der Waals surface area contributed by atoms with Crippen molar-refractivity contribution >= 4 is 11.9 Å². The second-order valence-electron chi connectivity index (χ2n) is 11.6. The molecular weight excluding hydrogens is 486 g/mol. The molecule has 0 aromatic heterocycles. The van der Waals surface area contributed by atoms with E-state index in [-0.39, 0.29) is 29.9 Å². The molecule has 1 aliphatic heterocycles. The molecule has 1 aromatic rings. The molecule has 38 heavy (non-hydrogen) atoms. The van der Waals surface area contributed by atoms with Gasteiger partial charge in [-0.15, -0.1) is 0 Å². The Kier molecular flexibility index (Phi) is 11.9. The van der Waals surface area contributed by atoms with Crippen LogP contribution in [-0.4, -0.2) is 67.2 Å². The molecule has 0 bridgehead atoms. The molecule has 1 heterocycles. The number of carbonyl (C=O) groups is 2. The summed E-state index contributed by atoms with van der Waals surface area (Å²) >= 11 is 0. The third-order valence-electron chi connectivity index (χ3n) is 7.69. The van der Waals surface area contributed by atoms with Gasteiger partial charge in [0.15, 0.2) is 11.5 Å². The molecule has 1 aliphatic rings. The molecular formula is C30H49NO7. The molecule has 1 aromatic carbocycles. The van der Waals surface area contributed by atoms with E-state index >= 15 is 0 Å². The summed E-state index contributed by atoms with van der Waals surface area (Å²) in [6.07, 6.45) is 2.31. The molecule has 0 spiro atoms. The van der Waals surface area contributed by atoms with Gasteiger partial charge < -0.3 is 29.0 Å². The number of nitrogens with zero attached hydrogens (tertiary/aromatic N) is 1. The number of carbonyl (C=O) groups excluding carboxylic acids is 1. The lowest BCUT2D eigenvalue weighted by Crippen LogP contribution is -2.48. The average Bonchev–Trinajstić information content (AvgIpc) is 3.08. The summed E-state index contributed by atoms with van der Waals surface area (Å²) < 4.78 is 23.0. The lowest BCUT2D eigenvalue weighted by atomic mass is 9.80. The number of aliphatic carboxylic acids is 1. The highest BCUT2D eigenvalue weighted by Crippen LogP contribution is 2.41. The maximum Gasteiger partial charge on any atom is 0.306 e. The van der Waals surface area contributed by atoms with Gasteiger partial charge in [0, 0.05) is 27.1 Å². The number of hydrogen-bond donors (Lipinski definition) is 1. The molecule has 0 saturated carbocycles. The Balaban J connectivity index is 2.32. The largest absolute Gasteiger partial charge is 0.493 e. The van der Waals surface area contributed by atoms with Crippen molar-refractivity contribution in [1.29, 1.82) is 0 Å². The van der Waals surface area contributed by atoms with E-state index in [1.165, 1.54) is 0 Å². The molecule has 1 amide bonds. The molecule has 8 heteroatoms. The Hall–Kier alpha value is -2.32. The number of ether oxygens (including phenoxy) is 4. The van der Waals surface area contributed by atoms with Crippen molar-refractivity contribution in [2.75, 3.05) is 27.4 Å². The third kappa shape index (κ3) is 8.34. The fourth-order valence-electron chi connectivity index (χ4n) is 5.61. The molecule has 1 saturated heterocycles. The van der Waals surface area contributed by atoms with Gasteiger partial charge in [0.1, 0.15) is 5.72 Å². The summed E-state index contributed by atoms with van der Waals surface area (Å²) in [6.45, 7) is 14.8. The van der Waals surface area contributed by atoms with E-state index in [4.69, 9.17) is 18.9 Å². The highest BCUT2D eigenvalue weighted by Gasteiger charge is 2.50. The maximum absolute atomic E-state index is 12.8. The van der Waals surface area contributed by atoms with Crippen LogP contribution < -0.4 is 9.47 Å². The number of rotatable bonds is 15. The summed E-state index contributed by atoms with van der Waals surface area (Å²) in [5.74, 6) is 0.514. The Morgan fingerprint density at radius 2 is 1.74 bits per heavy atom. The summed E-state index contributed by atoms with van der Waals surface area (Å²) in [7, 11) is 3.31. The second kappa shape index (κ2) is 14.2. The molecule has 1 fully saturated rings. The number of carboxylic acids is 1. The van der Waals surface area contributed by atoms with Gasteiger partial charge in [-0.3, -0.25) is 9.59 Å². The smallest absolute Gasteiger partial charge is 0.306 e. The van der Waals surface area contributed by atoms with E-state index in [0.717, 1.165) is 18.4 Å². The van der Waals surface area contributed by atoms with Gasteiger partial charge in [-0.2, -0.15) is 0 Å². The van der Waals surface area contributed by atoms with Gasteiger partial charge in [-0.05, 0) is 68.6 Å². The molecule has 8 nitrogen and oxygen atoms in total. The van der Waals surface area contributed by atoms with Crippen LogP contribution in [-0.2, 0) is 25.5 Å². The van der Waals surface area contributed by atoms with Crippen molar-refractivity contribution in [2.24, 2.45) is 23.7 Å². The van der Waals surface area contributed by atoms with E-state index in [0.29, 0.717) is 43.5 Å². The summed E-state index contributed by atoms with van der Waals surface area (Å²) in [4.78, 5) is 26.7. The molecule has 4 atom stereocenters. The summed E-state index contributed by atoms with van der Waals surface area (Å²) in [5, 5.41) is 9.86. The predicted molar refractivity (Wildman–Crippen MR) is 147 cm³/mol. The number of amides is 1. The zero-order valence-corrected chi connectivity index (χ0v) is 24.8. The lowest BCUT2D eigenvalue weighted by Gasteiger charge is -2.35. The highest BCUT2D eigenvalue weighted by atomic mass is 16.5. The van der Waals surface area contributed by atoms with Crippen LogP contribution in [0, 0.1) is 23.7 Å². The monoisotopic (exact) mass is 535 g/mol. The van der Waals surface area contributed by atoms with Crippen LogP contribution >= 0.6 is 0 Å². The van der Waals surface area contributed by atoms with Gasteiger partial charge in [0.25, 0.3) is 0 Å². The molecule has 0 unspecified atom stereocenters. The zero-order valence-electron chi connectivity index (χ0n) is 24.8. The minimum atomic E-state index is -0.821. The van der Waals surface area contributed by atoms with E-state index in [9.17, 15) is 14.7 Å². The van der Waals surface area contributed by atoms with E-state index < -0.39 is 17.6 Å². The van der Waals surface area contributed by atoms with Crippen LogP contribution in [0.5, 0.6) is 11.5 Å². The number of carboxylic acid groups (broad SMARTS) is 1. The fourth-order valence-corrected chi connectivity index (χ4v) is 5.61. The van der Waals surface area contributed by atoms with Crippen LogP contribution in [0.4, 0.5) is 0 Å². The minimum absolute atomic E-state index is 0.0336. The Morgan fingerprint density at radius 3 is 2.26 bits per heavy atom. The van der Waals surface area contributed by atoms with Crippen molar-refractivity contribution in [3.8, 4) is 11.5 Å². The van der Waals surface area contributed by atoms with Crippen molar-refractivity contribution < 1.29 is 33.6 Å². The Bertz CT molecular complexity index is 914. The minimum Gasteiger partial charge on any atom is -0.493 e. The van der Waals surface area contributed by atoms with E-state index in [2.05, 4.69) is 19.9 Å². The van der Waals surface area contributed by atoms with Crippen molar-refractivity contribution in [2.45, 2.75) is 92.0 Å².